The van der Waals surface area contributed by atoms with Crippen LogP contribution in [0.2, 0.25) is 0 Å². The standard InChI is InChI=1S/C21H19N3O/c1-14-8-9-18-17(12-14)21(16-6-4-3-5-7-16)22-11-10-19-23-15(2)13-20(25)24(18)19/h3-9,12-13H,10-11H2,1-2H3. The Morgan fingerprint density at radius 3 is 2.60 bits per heavy atom. The van der Waals surface area contributed by atoms with Gasteiger partial charge in [0.2, 0.25) is 0 Å². The fraction of sp³-hybridized carbons (Fsp3) is 0.190. The number of rotatable bonds is 1. The first-order chi connectivity index (χ1) is 12.1. The van der Waals surface area contributed by atoms with Crippen molar-refractivity contribution in [3.8, 4) is 5.69 Å². The van der Waals surface area contributed by atoms with Gasteiger partial charge in [0.1, 0.15) is 5.82 Å². The molecule has 1 aliphatic heterocycles. The van der Waals surface area contributed by atoms with Crippen molar-refractivity contribution in [3.05, 3.63) is 93.2 Å². The average molecular weight is 329 g/mol. The van der Waals surface area contributed by atoms with Crippen LogP contribution in [0.15, 0.2) is 64.4 Å². The van der Waals surface area contributed by atoms with Crippen molar-refractivity contribution in [2.45, 2.75) is 20.3 Å². The number of benzene rings is 2. The lowest BCUT2D eigenvalue weighted by Crippen LogP contribution is -2.27. The lowest BCUT2D eigenvalue weighted by atomic mass is 9.97. The van der Waals surface area contributed by atoms with E-state index in [1.165, 1.54) is 0 Å². The molecule has 0 unspecified atom stereocenters. The monoisotopic (exact) mass is 329 g/mol. The van der Waals surface area contributed by atoms with Gasteiger partial charge in [-0.05, 0) is 26.0 Å². The molecule has 0 spiro atoms. The minimum absolute atomic E-state index is 0.0399. The number of aromatic nitrogens is 2. The number of aliphatic imine (C=N–C) groups is 1. The highest BCUT2D eigenvalue weighted by atomic mass is 16.1. The molecule has 0 saturated heterocycles. The Morgan fingerprint density at radius 1 is 1.00 bits per heavy atom. The molecule has 0 aliphatic carbocycles. The molecule has 0 bridgehead atoms. The maximum Gasteiger partial charge on any atom is 0.258 e. The zero-order chi connectivity index (χ0) is 17.4. The van der Waals surface area contributed by atoms with Crippen LogP contribution in [0, 0.1) is 13.8 Å². The Kier molecular flexibility index (Phi) is 3.80. The van der Waals surface area contributed by atoms with Gasteiger partial charge in [-0.3, -0.25) is 14.4 Å². The topological polar surface area (TPSA) is 47.2 Å². The molecule has 124 valence electrons. The maximum absolute atomic E-state index is 12.7. The van der Waals surface area contributed by atoms with Crippen molar-refractivity contribution >= 4 is 5.71 Å². The first kappa shape index (κ1) is 15.5. The van der Waals surface area contributed by atoms with Crippen molar-refractivity contribution < 1.29 is 0 Å². The molecular weight excluding hydrogens is 310 g/mol. The van der Waals surface area contributed by atoms with E-state index in [-0.39, 0.29) is 5.56 Å². The van der Waals surface area contributed by atoms with Crippen LogP contribution in [0.4, 0.5) is 0 Å². The molecular formula is C21H19N3O. The lowest BCUT2D eigenvalue weighted by Gasteiger charge is -2.20. The predicted molar refractivity (Wildman–Crippen MR) is 100.0 cm³/mol. The molecule has 0 N–H and O–H groups in total. The summed E-state index contributed by atoms with van der Waals surface area (Å²) >= 11 is 0. The second-order valence-electron chi connectivity index (χ2n) is 6.35. The summed E-state index contributed by atoms with van der Waals surface area (Å²) in [4.78, 5) is 22.2. The Morgan fingerprint density at radius 2 is 1.80 bits per heavy atom. The summed E-state index contributed by atoms with van der Waals surface area (Å²) < 4.78 is 1.74. The SMILES string of the molecule is Cc1ccc2c(c1)C(c1ccccc1)=NCCc1nc(C)cc(=O)n1-2. The molecule has 0 fully saturated rings. The summed E-state index contributed by atoms with van der Waals surface area (Å²) in [6.45, 7) is 4.52. The van der Waals surface area contributed by atoms with Gasteiger partial charge in [-0.2, -0.15) is 0 Å². The van der Waals surface area contributed by atoms with Crippen LogP contribution >= 0.6 is 0 Å². The molecule has 4 rings (SSSR count). The molecule has 0 atom stereocenters. The van der Waals surface area contributed by atoms with Crippen molar-refractivity contribution in [2.24, 2.45) is 4.99 Å². The fourth-order valence-corrected chi connectivity index (χ4v) is 3.31. The summed E-state index contributed by atoms with van der Waals surface area (Å²) in [6.07, 6.45) is 0.639. The molecule has 3 aromatic rings. The van der Waals surface area contributed by atoms with E-state index in [9.17, 15) is 4.79 Å². The molecule has 1 aliphatic rings. The first-order valence-corrected chi connectivity index (χ1v) is 8.44. The largest absolute Gasteiger partial charge is 0.284 e. The summed E-state index contributed by atoms with van der Waals surface area (Å²) in [6, 6.07) is 17.9. The number of aryl methyl sites for hydroxylation is 2. The van der Waals surface area contributed by atoms with E-state index in [4.69, 9.17) is 4.99 Å². The summed E-state index contributed by atoms with van der Waals surface area (Å²) in [5, 5.41) is 0. The van der Waals surface area contributed by atoms with Gasteiger partial charge in [0.15, 0.2) is 0 Å². The van der Waals surface area contributed by atoms with Crippen molar-refractivity contribution in [1.82, 2.24) is 9.55 Å². The molecule has 1 aromatic heterocycles. The average Bonchev–Trinajstić information content (AvgIpc) is 2.58. The van der Waals surface area contributed by atoms with Gasteiger partial charge in [0, 0.05) is 35.9 Å². The smallest absolute Gasteiger partial charge is 0.258 e. The Hall–Kier alpha value is -3.01. The van der Waals surface area contributed by atoms with Crippen LogP contribution in [0.5, 0.6) is 0 Å². The third-order valence-electron chi connectivity index (χ3n) is 4.42. The minimum atomic E-state index is -0.0399. The van der Waals surface area contributed by atoms with Crippen molar-refractivity contribution in [3.63, 3.8) is 0 Å². The van der Waals surface area contributed by atoms with Gasteiger partial charge in [-0.15, -0.1) is 0 Å². The van der Waals surface area contributed by atoms with Crippen LogP contribution in [0.1, 0.15) is 28.2 Å². The van der Waals surface area contributed by atoms with Crippen LogP contribution in [0.3, 0.4) is 0 Å². The minimum Gasteiger partial charge on any atom is -0.284 e. The molecule has 25 heavy (non-hydrogen) atoms. The van der Waals surface area contributed by atoms with Crippen LogP contribution in [-0.4, -0.2) is 21.8 Å². The van der Waals surface area contributed by atoms with Gasteiger partial charge in [0.05, 0.1) is 11.4 Å². The molecule has 2 aromatic carbocycles. The van der Waals surface area contributed by atoms with Crippen molar-refractivity contribution in [2.75, 3.05) is 6.54 Å². The number of hydrogen-bond acceptors (Lipinski definition) is 3. The fourth-order valence-electron chi connectivity index (χ4n) is 3.31. The van der Waals surface area contributed by atoms with Crippen molar-refractivity contribution in [1.29, 1.82) is 0 Å². The van der Waals surface area contributed by atoms with Crippen LogP contribution in [-0.2, 0) is 6.42 Å². The highest BCUT2D eigenvalue weighted by Gasteiger charge is 2.19. The first-order valence-electron chi connectivity index (χ1n) is 8.44. The summed E-state index contributed by atoms with van der Waals surface area (Å²) in [7, 11) is 0. The lowest BCUT2D eigenvalue weighted by molar-refractivity contribution is 0.765. The third kappa shape index (κ3) is 2.80. The van der Waals surface area contributed by atoms with E-state index in [1.807, 2.05) is 37.3 Å². The maximum atomic E-state index is 12.7. The number of nitrogens with zero attached hydrogens (tertiary/aromatic N) is 3. The third-order valence-corrected chi connectivity index (χ3v) is 4.42. The van der Waals surface area contributed by atoms with Crippen LogP contribution in [0.25, 0.3) is 5.69 Å². The predicted octanol–water partition coefficient (Wildman–Crippen LogP) is 3.24. The molecule has 4 nitrogen and oxygen atoms in total. The summed E-state index contributed by atoms with van der Waals surface area (Å²) in [5.74, 6) is 0.769. The van der Waals surface area contributed by atoms with E-state index in [0.717, 1.165) is 39.6 Å². The zero-order valence-corrected chi connectivity index (χ0v) is 14.4. The van der Waals surface area contributed by atoms with E-state index < -0.39 is 0 Å². The van der Waals surface area contributed by atoms with E-state index in [2.05, 4.69) is 30.1 Å². The second-order valence-corrected chi connectivity index (χ2v) is 6.35. The highest BCUT2D eigenvalue weighted by Crippen LogP contribution is 2.23. The molecule has 0 saturated carbocycles. The van der Waals surface area contributed by atoms with Gasteiger partial charge in [0.25, 0.3) is 5.56 Å². The molecule has 2 heterocycles. The van der Waals surface area contributed by atoms with E-state index >= 15 is 0 Å². The number of hydrogen-bond donors (Lipinski definition) is 0. The van der Waals surface area contributed by atoms with Gasteiger partial charge >= 0.3 is 0 Å². The Labute approximate surface area is 146 Å². The molecule has 0 amide bonds. The molecule has 4 heteroatoms. The van der Waals surface area contributed by atoms with Gasteiger partial charge < -0.3 is 0 Å². The Balaban J connectivity index is 2.03. The summed E-state index contributed by atoms with van der Waals surface area (Å²) in [5.41, 5.74) is 5.65. The second kappa shape index (κ2) is 6.13. The van der Waals surface area contributed by atoms with E-state index in [1.54, 1.807) is 10.6 Å². The van der Waals surface area contributed by atoms with Crippen LogP contribution < -0.4 is 5.56 Å². The van der Waals surface area contributed by atoms with E-state index in [0.29, 0.717) is 13.0 Å². The van der Waals surface area contributed by atoms with Gasteiger partial charge in [-0.1, -0.05) is 42.0 Å². The highest BCUT2D eigenvalue weighted by molar-refractivity contribution is 6.15. The molecule has 0 radical (unpaired) electrons. The Bertz CT molecular complexity index is 1030. The number of fused-ring (bicyclic) bond motifs is 3. The van der Waals surface area contributed by atoms with Gasteiger partial charge in [-0.25, -0.2) is 4.98 Å². The zero-order valence-electron chi connectivity index (χ0n) is 14.4. The normalized spacial score (nSPS) is 13.3. The quantitative estimate of drug-likeness (QED) is 0.688.